The van der Waals surface area contributed by atoms with Crippen LogP contribution in [0, 0.1) is 5.41 Å². The summed E-state index contributed by atoms with van der Waals surface area (Å²) < 4.78 is 0. The van der Waals surface area contributed by atoms with Crippen molar-refractivity contribution < 1.29 is 9.90 Å². The van der Waals surface area contributed by atoms with Gasteiger partial charge in [-0.25, -0.2) is 0 Å². The SMILES string of the molecule is CCC1(CO)CCN(CCC(=O)NC(C)c2ccccc2)CC1. The summed E-state index contributed by atoms with van der Waals surface area (Å²) >= 11 is 0. The van der Waals surface area contributed by atoms with Gasteiger partial charge in [0.25, 0.3) is 0 Å². The van der Waals surface area contributed by atoms with E-state index in [1.165, 1.54) is 0 Å². The van der Waals surface area contributed by atoms with E-state index in [0.29, 0.717) is 6.42 Å². The Labute approximate surface area is 139 Å². The fraction of sp³-hybridized carbons (Fsp3) is 0.632. The Morgan fingerprint density at radius 2 is 1.96 bits per heavy atom. The molecule has 1 aromatic carbocycles. The van der Waals surface area contributed by atoms with Gasteiger partial charge in [0, 0.05) is 19.6 Å². The molecule has 2 rings (SSSR count). The van der Waals surface area contributed by atoms with E-state index in [4.69, 9.17) is 0 Å². The molecule has 1 aromatic rings. The predicted octanol–water partition coefficient (Wildman–Crippen LogP) is 2.74. The van der Waals surface area contributed by atoms with Crippen LogP contribution in [-0.4, -0.2) is 42.2 Å². The van der Waals surface area contributed by atoms with E-state index >= 15 is 0 Å². The third-order valence-corrected chi connectivity index (χ3v) is 5.33. The van der Waals surface area contributed by atoms with Gasteiger partial charge >= 0.3 is 0 Å². The Kier molecular flexibility index (Phi) is 6.60. The molecule has 1 atom stereocenters. The Morgan fingerprint density at radius 3 is 2.52 bits per heavy atom. The third-order valence-electron chi connectivity index (χ3n) is 5.33. The van der Waals surface area contributed by atoms with E-state index in [9.17, 15) is 9.90 Å². The van der Waals surface area contributed by atoms with E-state index < -0.39 is 0 Å². The second-order valence-electron chi connectivity index (χ2n) is 6.80. The number of aliphatic hydroxyl groups excluding tert-OH is 1. The molecule has 128 valence electrons. The number of aliphatic hydroxyl groups is 1. The monoisotopic (exact) mass is 318 g/mol. The van der Waals surface area contributed by atoms with Crippen molar-refractivity contribution in [3.8, 4) is 0 Å². The van der Waals surface area contributed by atoms with E-state index in [-0.39, 0.29) is 24.0 Å². The summed E-state index contributed by atoms with van der Waals surface area (Å²) in [5.74, 6) is 0.107. The van der Waals surface area contributed by atoms with Gasteiger partial charge in [-0.05, 0) is 50.3 Å². The average Bonchev–Trinajstić information content (AvgIpc) is 2.61. The molecule has 1 aliphatic heterocycles. The van der Waals surface area contributed by atoms with Gasteiger partial charge in [-0.3, -0.25) is 4.79 Å². The second kappa shape index (κ2) is 8.46. The summed E-state index contributed by atoms with van der Waals surface area (Å²) in [7, 11) is 0. The fourth-order valence-electron chi connectivity index (χ4n) is 3.27. The summed E-state index contributed by atoms with van der Waals surface area (Å²) in [6.07, 6.45) is 3.63. The fourth-order valence-corrected chi connectivity index (χ4v) is 3.27. The van der Waals surface area contributed by atoms with Gasteiger partial charge in [-0.15, -0.1) is 0 Å². The largest absolute Gasteiger partial charge is 0.396 e. The molecule has 1 unspecified atom stereocenters. The van der Waals surface area contributed by atoms with Gasteiger partial charge in [0.05, 0.1) is 6.04 Å². The highest BCUT2D eigenvalue weighted by Gasteiger charge is 2.32. The van der Waals surface area contributed by atoms with Crippen molar-refractivity contribution in [2.75, 3.05) is 26.2 Å². The molecule has 4 heteroatoms. The molecule has 0 bridgehead atoms. The Balaban J connectivity index is 1.71. The molecular formula is C19H30N2O2. The lowest BCUT2D eigenvalue weighted by Crippen LogP contribution is -2.43. The summed E-state index contributed by atoms with van der Waals surface area (Å²) in [6.45, 7) is 7.23. The first kappa shape index (κ1) is 18.0. The van der Waals surface area contributed by atoms with Crippen LogP contribution in [0.25, 0.3) is 0 Å². The maximum Gasteiger partial charge on any atom is 0.221 e. The number of hydrogen-bond donors (Lipinski definition) is 2. The van der Waals surface area contributed by atoms with Crippen molar-refractivity contribution in [3.05, 3.63) is 35.9 Å². The Hall–Kier alpha value is -1.39. The highest BCUT2D eigenvalue weighted by atomic mass is 16.3. The van der Waals surface area contributed by atoms with Gasteiger partial charge in [-0.2, -0.15) is 0 Å². The van der Waals surface area contributed by atoms with E-state index in [2.05, 4.69) is 17.1 Å². The van der Waals surface area contributed by atoms with Gasteiger partial charge < -0.3 is 15.3 Å². The van der Waals surface area contributed by atoms with E-state index in [1.54, 1.807) is 0 Å². The van der Waals surface area contributed by atoms with Crippen LogP contribution in [0.15, 0.2) is 30.3 Å². The number of rotatable bonds is 7. The zero-order valence-corrected chi connectivity index (χ0v) is 14.4. The first-order chi connectivity index (χ1) is 11.1. The van der Waals surface area contributed by atoms with E-state index in [1.807, 2.05) is 37.3 Å². The van der Waals surface area contributed by atoms with Crippen molar-refractivity contribution >= 4 is 5.91 Å². The molecule has 1 amide bonds. The summed E-state index contributed by atoms with van der Waals surface area (Å²) in [4.78, 5) is 14.5. The van der Waals surface area contributed by atoms with Crippen LogP contribution in [0.2, 0.25) is 0 Å². The van der Waals surface area contributed by atoms with Crippen LogP contribution < -0.4 is 5.32 Å². The van der Waals surface area contributed by atoms with Gasteiger partial charge in [-0.1, -0.05) is 37.3 Å². The smallest absolute Gasteiger partial charge is 0.221 e. The molecule has 0 aromatic heterocycles. The number of benzene rings is 1. The minimum Gasteiger partial charge on any atom is -0.396 e. The number of nitrogens with one attached hydrogen (secondary N) is 1. The number of hydrogen-bond acceptors (Lipinski definition) is 3. The van der Waals surface area contributed by atoms with Crippen molar-refractivity contribution in [2.45, 2.75) is 45.6 Å². The lowest BCUT2D eigenvalue weighted by molar-refractivity contribution is -0.122. The molecule has 2 N–H and O–H groups in total. The van der Waals surface area contributed by atoms with Gasteiger partial charge in [0.15, 0.2) is 0 Å². The van der Waals surface area contributed by atoms with Crippen molar-refractivity contribution in [1.82, 2.24) is 10.2 Å². The molecule has 0 radical (unpaired) electrons. The van der Waals surface area contributed by atoms with Crippen LogP contribution in [-0.2, 0) is 4.79 Å². The molecule has 23 heavy (non-hydrogen) atoms. The Bertz CT molecular complexity index is 475. The van der Waals surface area contributed by atoms with Crippen LogP contribution in [0.4, 0.5) is 0 Å². The first-order valence-electron chi connectivity index (χ1n) is 8.76. The number of amides is 1. The van der Waals surface area contributed by atoms with Crippen LogP contribution in [0.5, 0.6) is 0 Å². The predicted molar refractivity (Wildman–Crippen MR) is 93.1 cm³/mol. The molecule has 1 saturated heterocycles. The molecule has 0 aliphatic carbocycles. The molecule has 1 fully saturated rings. The number of carbonyl (C=O) groups excluding carboxylic acids is 1. The molecule has 4 nitrogen and oxygen atoms in total. The van der Waals surface area contributed by atoms with Gasteiger partial charge in [0.1, 0.15) is 0 Å². The number of carbonyl (C=O) groups is 1. The summed E-state index contributed by atoms with van der Waals surface area (Å²) in [5, 5.41) is 12.6. The highest BCUT2D eigenvalue weighted by Crippen LogP contribution is 2.34. The lowest BCUT2D eigenvalue weighted by atomic mass is 9.77. The maximum atomic E-state index is 12.1. The standard InChI is InChI=1S/C19H30N2O2/c1-3-19(15-22)10-13-21(14-11-19)12-9-18(23)20-16(2)17-7-5-4-6-8-17/h4-8,16,22H,3,9-15H2,1-2H3,(H,20,23). The quantitative estimate of drug-likeness (QED) is 0.813. The second-order valence-corrected chi connectivity index (χ2v) is 6.80. The summed E-state index contributed by atoms with van der Waals surface area (Å²) in [6, 6.07) is 10.1. The Morgan fingerprint density at radius 1 is 1.30 bits per heavy atom. The minimum absolute atomic E-state index is 0.0483. The van der Waals surface area contributed by atoms with E-state index in [0.717, 1.165) is 44.5 Å². The molecule has 0 spiro atoms. The molecule has 1 heterocycles. The minimum atomic E-state index is 0.0483. The van der Waals surface area contributed by atoms with Crippen LogP contribution in [0.3, 0.4) is 0 Å². The number of piperidine rings is 1. The van der Waals surface area contributed by atoms with Crippen molar-refractivity contribution in [2.24, 2.45) is 5.41 Å². The number of nitrogens with zero attached hydrogens (tertiary/aromatic N) is 1. The van der Waals surface area contributed by atoms with Crippen molar-refractivity contribution in [3.63, 3.8) is 0 Å². The number of likely N-dealkylation sites (tertiary alicyclic amines) is 1. The lowest BCUT2D eigenvalue weighted by Gasteiger charge is -2.40. The molecular weight excluding hydrogens is 288 g/mol. The zero-order valence-electron chi connectivity index (χ0n) is 14.4. The topological polar surface area (TPSA) is 52.6 Å². The third kappa shape index (κ3) is 5.05. The highest BCUT2D eigenvalue weighted by molar-refractivity contribution is 5.76. The van der Waals surface area contributed by atoms with Gasteiger partial charge in [0.2, 0.25) is 5.91 Å². The maximum absolute atomic E-state index is 12.1. The average molecular weight is 318 g/mol. The molecule has 1 aliphatic rings. The van der Waals surface area contributed by atoms with Crippen molar-refractivity contribution in [1.29, 1.82) is 0 Å². The van der Waals surface area contributed by atoms with Crippen LogP contribution >= 0.6 is 0 Å². The zero-order chi connectivity index (χ0) is 16.7. The van der Waals surface area contributed by atoms with Crippen LogP contribution in [0.1, 0.15) is 51.1 Å². The normalized spacial score (nSPS) is 19.3. The first-order valence-corrected chi connectivity index (χ1v) is 8.76. The molecule has 0 saturated carbocycles. The summed E-state index contributed by atoms with van der Waals surface area (Å²) in [5.41, 5.74) is 1.25.